The SMILES string of the molecule is COc1ccc2c(c1OC)C(=O)N1[C@@H](C(=O)NCCc3ccncc3)CS[C@H]21. The largest absolute Gasteiger partial charge is 0.493 e. The van der Waals surface area contributed by atoms with Crippen LogP contribution in [0.2, 0.25) is 0 Å². The number of hydrogen-bond acceptors (Lipinski definition) is 6. The summed E-state index contributed by atoms with van der Waals surface area (Å²) in [6.45, 7) is 0.515. The maximum Gasteiger partial charge on any atom is 0.260 e. The molecule has 2 aromatic rings. The third-order valence-electron chi connectivity index (χ3n) is 5.06. The number of thioether (sulfide) groups is 1. The zero-order chi connectivity index (χ0) is 19.7. The van der Waals surface area contributed by atoms with Crippen LogP contribution >= 0.6 is 11.8 Å². The van der Waals surface area contributed by atoms with Crippen LogP contribution in [0.15, 0.2) is 36.7 Å². The molecule has 0 unspecified atom stereocenters. The quantitative estimate of drug-likeness (QED) is 0.801. The van der Waals surface area contributed by atoms with E-state index in [-0.39, 0.29) is 17.2 Å². The summed E-state index contributed by atoms with van der Waals surface area (Å²) in [6, 6.07) is 7.04. The molecule has 4 rings (SSSR count). The average Bonchev–Trinajstić information content (AvgIpc) is 3.28. The van der Waals surface area contributed by atoms with Gasteiger partial charge in [-0.15, -0.1) is 11.8 Å². The highest BCUT2D eigenvalue weighted by atomic mass is 32.2. The molecule has 0 bridgehead atoms. The van der Waals surface area contributed by atoms with Gasteiger partial charge >= 0.3 is 0 Å². The highest BCUT2D eigenvalue weighted by Gasteiger charge is 2.50. The highest BCUT2D eigenvalue weighted by Crippen LogP contribution is 2.52. The van der Waals surface area contributed by atoms with Crippen molar-refractivity contribution in [3.63, 3.8) is 0 Å². The number of fused-ring (bicyclic) bond motifs is 3. The van der Waals surface area contributed by atoms with Crippen LogP contribution in [0.1, 0.15) is 26.9 Å². The predicted octanol–water partition coefficient (Wildman–Crippen LogP) is 2.03. The van der Waals surface area contributed by atoms with E-state index >= 15 is 0 Å². The van der Waals surface area contributed by atoms with Gasteiger partial charge in [0.15, 0.2) is 11.5 Å². The smallest absolute Gasteiger partial charge is 0.260 e. The molecule has 28 heavy (non-hydrogen) atoms. The molecule has 1 aromatic heterocycles. The number of hydrogen-bond donors (Lipinski definition) is 1. The first-order valence-corrected chi connectivity index (χ1v) is 10.1. The van der Waals surface area contributed by atoms with Gasteiger partial charge in [0.2, 0.25) is 5.91 Å². The minimum Gasteiger partial charge on any atom is -0.493 e. The Morgan fingerprint density at radius 1 is 1.25 bits per heavy atom. The van der Waals surface area contributed by atoms with E-state index < -0.39 is 6.04 Å². The lowest BCUT2D eigenvalue weighted by molar-refractivity contribution is -0.124. The highest BCUT2D eigenvalue weighted by molar-refractivity contribution is 7.99. The van der Waals surface area contributed by atoms with Crippen LogP contribution in [-0.2, 0) is 11.2 Å². The second-order valence-corrected chi connectivity index (χ2v) is 7.69. The van der Waals surface area contributed by atoms with Crippen molar-refractivity contribution in [3.05, 3.63) is 53.3 Å². The number of pyridine rings is 1. The van der Waals surface area contributed by atoms with Crippen molar-refractivity contribution in [1.29, 1.82) is 0 Å². The topological polar surface area (TPSA) is 80.8 Å². The normalized spacial score (nSPS) is 19.9. The first kappa shape index (κ1) is 18.6. The number of carbonyl (C=O) groups is 2. The van der Waals surface area contributed by atoms with Crippen LogP contribution in [0.4, 0.5) is 0 Å². The zero-order valence-corrected chi connectivity index (χ0v) is 16.5. The van der Waals surface area contributed by atoms with Gasteiger partial charge in [0.25, 0.3) is 5.91 Å². The Hall–Kier alpha value is -2.74. The number of nitrogens with zero attached hydrogens (tertiary/aromatic N) is 2. The molecule has 2 aliphatic rings. The molecule has 0 radical (unpaired) electrons. The Bertz CT molecular complexity index is 906. The van der Waals surface area contributed by atoms with E-state index in [9.17, 15) is 9.59 Å². The minimum atomic E-state index is -0.497. The van der Waals surface area contributed by atoms with Gasteiger partial charge in [-0.2, -0.15) is 0 Å². The Morgan fingerprint density at radius 3 is 2.75 bits per heavy atom. The van der Waals surface area contributed by atoms with Gasteiger partial charge in [-0.3, -0.25) is 14.6 Å². The van der Waals surface area contributed by atoms with E-state index in [0.717, 1.165) is 17.5 Å². The molecular weight excluding hydrogens is 378 g/mol. The van der Waals surface area contributed by atoms with Crippen molar-refractivity contribution in [1.82, 2.24) is 15.2 Å². The second-order valence-electron chi connectivity index (χ2n) is 6.58. The van der Waals surface area contributed by atoms with E-state index in [1.165, 1.54) is 7.11 Å². The number of rotatable bonds is 6. The molecule has 2 atom stereocenters. The monoisotopic (exact) mass is 399 g/mol. The molecular formula is C20H21N3O4S. The number of nitrogens with one attached hydrogen (secondary N) is 1. The number of methoxy groups -OCH3 is 2. The molecule has 1 aromatic carbocycles. The third-order valence-corrected chi connectivity index (χ3v) is 6.36. The van der Waals surface area contributed by atoms with Crippen LogP contribution < -0.4 is 14.8 Å². The van der Waals surface area contributed by atoms with Crippen molar-refractivity contribution in [2.24, 2.45) is 0 Å². The molecule has 1 fully saturated rings. The number of ether oxygens (including phenoxy) is 2. The Balaban J connectivity index is 1.49. The molecule has 3 heterocycles. The van der Waals surface area contributed by atoms with E-state index in [1.807, 2.05) is 18.2 Å². The zero-order valence-electron chi connectivity index (χ0n) is 15.7. The maximum absolute atomic E-state index is 13.1. The van der Waals surface area contributed by atoms with Gasteiger partial charge in [0.1, 0.15) is 11.4 Å². The van der Waals surface area contributed by atoms with Gasteiger partial charge in [-0.25, -0.2) is 0 Å². The fourth-order valence-corrected chi connectivity index (χ4v) is 5.15. The number of amides is 2. The van der Waals surface area contributed by atoms with Gasteiger partial charge in [-0.05, 0) is 30.2 Å². The van der Waals surface area contributed by atoms with Crippen LogP contribution in [0, 0.1) is 0 Å². The van der Waals surface area contributed by atoms with Gasteiger partial charge < -0.3 is 19.7 Å². The predicted molar refractivity (Wildman–Crippen MR) is 106 cm³/mol. The molecule has 0 saturated carbocycles. The van der Waals surface area contributed by atoms with E-state index in [2.05, 4.69) is 10.3 Å². The lowest BCUT2D eigenvalue weighted by Gasteiger charge is -2.22. The van der Waals surface area contributed by atoms with Gasteiger partial charge in [0.05, 0.1) is 19.8 Å². The van der Waals surface area contributed by atoms with Crippen LogP contribution in [0.5, 0.6) is 11.5 Å². The summed E-state index contributed by atoms with van der Waals surface area (Å²) in [5.74, 6) is 1.20. The molecule has 0 aliphatic carbocycles. The standard InChI is InChI=1S/C20H21N3O4S/c1-26-15-4-3-13-16(17(15)27-2)19(25)23-14(11-28-20(13)23)18(24)22-10-7-12-5-8-21-9-6-12/h3-6,8-9,14,20H,7,10-11H2,1-2H3,(H,22,24)/t14-,20-/m1/s1. The molecule has 2 aliphatic heterocycles. The molecule has 1 N–H and O–H groups in total. The lowest BCUT2D eigenvalue weighted by atomic mass is 10.1. The summed E-state index contributed by atoms with van der Waals surface area (Å²) < 4.78 is 10.8. The fourth-order valence-electron chi connectivity index (χ4n) is 3.69. The Morgan fingerprint density at radius 2 is 2.04 bits per heavy atom. The Labute approximate surface area is 167 Å². The minimum absolute atomic E-state index is 0.129. The second kappa shape index (κ2) is 7.71. The van der Waals surface area contributed by atoms with Crippen molar-refractivity contribution in [2.45, 2.75) is 17.8 Å². The molecule has 1 saturated heterocycles. The summed E-state index contributed by atoms with van der Waals surface area (Å²) in [7, 11) is 3.06. The van der Waals surface area contributed by atoms with Gasteiger partial charge in [0, 0.05) is 30.3 Å². The van der Waals surface area contributed by atoms with E-state index in [4.69, 9.17) is 9.47 Å². The maximum atomic E-state index is 13.1. The van der Waals surface area contributed by atoms with Gasteiger partial charge in [-0.1, -0.05) is 6.07 Å². The van der Waals surface area contributed by atoms with Crippen LogP contribution in [0.3, 0.4) is 0 Å². The van der Waals surface area contributed by atoms with Crippen molar-refractivity contribution >= 4 is 23.6 Å². The molecule has 7 nitrogen and oxygen atoms in total. The van der Waals surface area contributed by atoms with Crippen molar-refractivity contribution in [2.75, 3.05) is 26.5 Å². The van der Waals surface area contributed by atoms with E-state index in [0.29, 0.717) is 29.4 Å². The number of carbonyl (C=O) groups excluding carboxylic acids is 2. The van der Waals surface area contributed by atoms with Crippen LogP contribution in [0.25, 0.3) is 0 Å². The number of benzene rings is 1. The first-order chi connectivity index (χ1) is 13.7. The molecule has 0 spiro atoms. The van der Waals surface area contributed by atoms with Crippen LogP contribution in [-0.4, -0.2) is 54.3 Å². The Kier molecular flexibility index (Phi) is 5.13. The third kappa shape index (κ3) is 3.07. The van der Waals surface area contributed by atoms with E-state index in [1.54, 1.807) is 42.2 Å². The summed E-state index contributed by atoms with van der Waals surface area (Å²) in [4.78, 5) is 31.5. The fraction of sp³-hybridized carbons (Fsp3) is 0.350. The first-order valence-electron chi connectivity index (χ1n) is 9.01. The molecule has 146 valence electrons. The van der Waals surface area contributed by atoms with Crippen molar-refractivity contribution < 1.29 is 19.1 Å². The molecule has 2 amide bonds. The summed E-state index contributed by atoms with van der Waals surface area (Å²) >= 11 is 1.60. The summed E-state index contributed by atoms with van der Waals surface area (Å²) in [5, 5.41) is 2.79. The van der Waals surface area contributed by atoms with Crippen molar-refractivity contribution in [3.8, 4) is 11.5 Å². The summed E-state index contributed by atoms with van der Waals surface area (Å²) in [6.07, 6.45) is 4.19. The summed E-state index contributed by atoms with van der Waals surface area (Å²) in [5.41, 5.74) is 2.48. The lowest BCUT2D eigenvalue weighted by Crippen LogP contribution is -2.46. The molecule has 8 heteroatoms. The average molecular weight is 399 g/mol. The number of aromatic nitrogens is 1.